The van der Waals surface area contributed by atoms with E-state index in [1.54, 1.807) is 24.9 Å². The summed E-state index contributed by atoms with van der Waals surface area (Å²) < 4.78 is 18.1. The largest absolute Gasteiger partial charge is 0.384 e. The second kappa shape index (κ2) is 6.44. The van der Waals surface area contributed by atoms with Crippen molar-refractivity contribution in [1.82, 2.24) is 0 Å². The average Bonchev–Trinajstić information content (AvgIpc) is 2.24. The predicted molar refractivity (Wildman–Crippen MR) is 61.1 cm³/mol. The zero-order chi connectivity index (χ0) is 12.0. The van der Waals surface area contributed by atoms with Crippen LogP contribution in [0.2, 0.25) is 0 Å². The van der Waals surface area contributed by atoms with Gasteiger partial charge in [-0.3, -0.25) is 10.1 Å². The Bertz CT molecular complexity index is 373. The average molecular weight is 245 g/mol. The van der Waals surface area contributed by atoms with Crippen LogP contribution in [-0.4, -0.2) is 24.4 Å². The van der Waals surface area contributed by atoms with Gasteiger partial charge in [0.2, 0.25) is 5.82 Å². The molecule has 0 unspecified atom stereocenters. The number of hydrogen-bond donors (Lipinski definition) is 0. The molecule has 0 aliphatic carbocycles. The highest BCUT2D eigenvalue weighted by molar-refractivity contribution is 7.98. The maximum atomic E-state index is 13.2. The van der Waals surface area contributed by atoms with E-state index in [2.05, 4.69) is 0 Å². The van der Waals surface area contributed by atoms with Crippen molar-refractivity contribution in [2.45, 2.75) is 5.75 Å². The smallest absolute Gasteiger partial charge is 0.304 e. The van der Waals surface area contributed by atoms with Gasteiger partial charge in [-0.25, -0.2) is 0 Å². The summed E-state index contributed by atoms with van der Waals surface area (Å²) in [5.74, 6) is 0.655. The van der Waals surface area contributed by atoms with Gasteiger partial charge in [-0.05, 0) is 11.6 Å². The lowest BCUT2D eigenvalue weighted by Crippen LogP contribution is -1.95. The lowest BCUT2D eigenvalue weighted by atomic mass is 10.2. The molecular weight excluding hydrogens is 233 g/mol. The van der Waals surface area contributed by atoms with Crippen molar-refractivity contribution in [1.29, 1.82) is 0 Å². The van der Waals surface area contributed by atoms with Gasteiger partial charge in [0.25, 0.3) is 0 Å². The van der Waals surface area contributed by atoms with Gasteiger partial charge in [0.05, 0.1) is 11.5 Å². The summed E-state index contributed by atoms with van der Waals surface area (Å²) in [6.07, 6.45) is 0. The van der Waals surface area contributed by atoms with Crippen molar-refractivity contribution in [3.05, 3.63) is 39.7 Å². The lowest BCUT2D eigenvalue weighted by molar-refractivity contribution is -0.387. The van der Waals surface area contributed by atoms with Crippen molar-refractivity contribution >= 4 is 17.4 Å². The number of halogens is 1. The third-order valence-corrected chi connectivity index (χ3v) is 2.90. The van der Waals surface area contributed by atoms with Crippen LogP contribution in [-0.2, 0) is 10.5 Å². The Morgan fingerprint density at radius 3 is 2.88 bits per heavy atom. The van der Waals surface area contributed by atoms with Crippen molar-refractivity contribution < 1.29 is 14.1 Å². The Labute approximate surface area is 96.9 Å². The van der Waals surface area contributed by atoms with Crippen LogP contribution in [0.3, 0.4) is 0 Å². The maximum Gasteiger partial charge on any atom is 0.304 e. The van der Waals surface area contributed by atoms with E-state index in [1.165, 1.54) is 12.1 Å². The van der Waals surface area contributed by atoms with Crippen LogP contribution >= 0.6 is 11.8 Å². The van der Waals surface area contributed by atoms with Crippen LogP contribution in [0, 0.1) is 15.9 Å². The molecule has 0 amide bonds. The van der Waals surface area contributed by atoms with Crippen molar-refractivity contribution in [2.75, 3.05) is 19.5 Å². The molecule has 16 heavy (non-hydrogen) atoms. The van der Waals surface area contributed by atoms with Crippen molar-refractivity contribution in [2.24, 2.45) is 0 Å². The van der Waals surface area contributed by atoms with Gasteiger partial charge in [-0.2, -0.15) is 16.2 Å². The molecule has 0 saturated carbocycles. The molecule has 0 radical (unpaired) electrons. The molecule has 0 bridgehead atoms. The Morgan fingerprint density at radius 1 is 1.56 bits per heavy atom. The summed E-state index contributed by atoms with van der Waals surface area (Å²) in [4.78, 5) is 9.65. The maximum absolute atomic E-state index is 13.2. The van der Waals surface area contributed by atoms with Gasteiger partial charge in [0.15, 0.2) is 0 Å². The van der Waals surface area contributed by atoms with Crippen LogP contribution in [0.1, 0.15) is 5.56 Å². The molecule has 0 N–H and O–H groups in total. The van der Waals surface area contributed by atoms with E-state index in [1.807, 2.05) is 0 Å². The minimum absolute atomic E-state index is 0.481. The lowest BCUT2D eigenvalue weighted by Gasteiger charge is -2.02. The van der Waals surface area contributed by atoms with E-state index in [0.29, 0.717) is 12.4 Å². The number of benzene rings is 1. The van der Waals surface area contributed by atoms with E-state index in [4.69, 9.17) is 4.74 Å². The molecule has 0 spiro atoms. The first-order valence-corrected chi connectivity index (χ1v) is 5.80. The normalized spacial score (nSPS) is 10.4. The molecule has 88 valence electrons. The number of nitro groups is 1. The SMILES string of the molecule is COCCSCc1ccc([N+](=O)[O-])c(F)c1. The van der Waals surface area contributed by atoms with Gasteiger partial charge in [-0.1, -0.05) is 6.07 Å². The number of nitro benzene ring substituents is 1. The fourth-order valence-electron chi connectivity index (χ4n) is 1.12. The first-order valence-electron chi connectivity index (χ1n) is 4.64. The topological polar surface area (TPSA) is 52.4 Å². The van der Waals surface area contributed by atoms with Gasteiger partial charge in [-0.15, -0.1) is 0 Å². The highest BCUT2D eigenvalue weighted by Gasteiger charge is 2.13. The number of thioether (sulfide) groups is 1. The zero-order valence-corrected chi connectivity index (χ0v) is 9.63. The Hall–Kier alpha value is -1.14. The molecule has 6 heteroatoms. The van der Waals surface area contributed by atoms with Crippen LogP contribution in [0.5, 0.6) is 0 Å². The minimum atomic E-state index is -0.783. The summed E-state index contributed by atoms with van der Waals surface area (Å²) in [6, 6.07) is 3.97. The molecule has 0 saturated heterocycles. The van der Waals surface area contributed by atoms with Crippen molar-refractivity contribution in [3.63, 3.8) is 0 Å². The summed E-state index contributed by atoms with van der Waals surface area (Å²) in [5.41, 5.74) is 0.259. The monoisotopic (exact) mass is 245 g/mol. The molecular formula is C10H12FNO3S. The van der Waals surface area contributed by atoms with Gasteiger partial charge in [0, 0.05) is 24.7 Å². The van der Waals surface area contributed by atoms with Crippen LogP contribution < -0.4 is 0 Å². The fourth-order valence-corrected chi connectivity index (χ4v) is 1.96. The van der Waals surface area contributed by atoms with Gasteiger partial charge >= 0.3 is 5.69 Å². The highest BCUT2D eigenvalue weighted by Crippen LogP contribution is 2.20. The standard InChI is InChI=1S/C10H12FNO3S/c1-15-4-5-16-7-8-2-3-10(12(13)14)9(11)6-8/h2-3,6H,4-5,7H2,1H3. The summed E-state index contributed by atoms with van der Waals surface area (Å²) in [5, 5.41) is 10.4. The second-order valence-corrected chi connectivity index (χ2v) is 4.19. The molecule has 1 aromatic rings. The predicted octanol–water partition coefficient (Wildman–Crippen LogP) is 2.61. The van der Waals surface area contributed by atoms with Crippen LogP contribution in [0.25, 0.3) is 0 Å². The van der Waals surface area contributed by atoms with E-state index in [9.17, 15) is 14.5 Å². The molecule has 4 nitrogen and oxygen atoms in total. The fraction of sp³-hybridized carbons (Fsp3) is 0.400. The molecule has 0 aromatic heterocycles. The minimum Gasteiger partial charge on any atom is -0.384 e. The highest BCUT2D eigenvalue weighted by atomic mass is 32.2. The number of ether oxygens (including phenoxy) is 1. The van der Waals surface area contributed by atoms with E-state index >= 15 is 0 Å². The third kappa shape index (κ3) is 3.79. The second-order valence-electron chi connectivity index (χ2n) is 3.09. The number of rotatable bonds is 6. The Kier molecular flexibility index (Phi) is 5.21. The summed E-state index contributed by atoms with van der Waals surface area (Å²) in [7, 11) is 1.62. The first-order chi connectivity index (χ1) is 7.65. The number of nitrogens with zero attached hydrogens (tertiary/aromatic N) is 1. The van der Waals surface area contributed by atoms with Gasteiger partial charge < -0.3 is 4.74 Å². The zero-order valence-electron chi connectivity index (χ0n) is 8.81. The van der Waals surface area contributed by atoms with E-state index in [0.717, 1.165) is 11.3 Å². The summed E-state index contributed by atoms with van der Waals surface area (Å²) in [6.45, 7) is 0.639. The first kappa shape index (κ1) is 12.9. The molecule has 1 aromatic carbocycles. The number of methoxy groups -OCH3 is 1. The third-order valence-electron chi connectivity index (χ3n) is 1.91. The molecule has 0 aliphatic heterocycles. The van der Waals surface area contributed by atoms with Crippen LogP contribution in [0.4, 0.5) is 10.1 Å². The molecule has 0 heterocycles. The summed E-state index contributed by atoms with van der Waals surface area (Å²) >= 11 is 1.59. The van der Waals surface area contributed by atoms with Crippen LogP contribution in [0.15, 0.2) is 18.2 Å². The van der Waals surface area contributed by atoms with E-state index < -0.39 is 16.4 Å². The van der Waals surface area contributed by atoms with Crippen molar-refractivity contribution in [3.8, 4) is 0 Å². The van der Waals surface area contributed by atoms with E-state index in [-0.39, 0.29) is 0 Å². The molecule has 0 fully saturated rings. The Balaban J connectivity index is 2.56. The number of hydrogen-bond acceptors (Lipinski definition) is 4. The Morgan fingerprint density at radius 2 is 2.31 bits per heavy atom. The molecule has 1 rings (SSSR count). The van der Waals surface area contributed by atoms with Gasteiger partial charge in [0.1, 0.15) is 0 Å². The molecule has 0 atom stereocenters. The quantitative estimate of drug-likeness (QED) is 0.439. The molecule has 0 aliphatic rings.